The monoisotopic (exact) mass is 307 g/mol. The molecule has 0 spiro atoms. The molecule has 1 unspecified atom stereocenters. The molecule has 0 saturated heterocycles. The van der Waals surface area contributed by atoms with E-state index < -0.39 is 0 Å². The van der Waals surface area contributed by atoms with Crippen molar-refractivity contribution in [3.8, 4) is 5.75 Å². The Morgan fingerprint density at radius 1 is 1.22 bits per heavy atom. The van der Waals surface area contributed by atoms with Gasteiger partial charge >= 0.3 is 0 Å². The van der Waals surface area contributed by atoms with Crippen LogP contribution >= 0.6 is 15.9 Å². The molecular formula is C14H11BrFNO. The van der Waals surface area contributed by atoms with E-state index in [-0.39, 0.29) is 11.9 Å². The molecule has 0 amide bonds. The molecule has 2 aromatic carbocycles. The maximum Gasteiger partial charge on any atom is 0.144 e. The van der Waals surface area contributed by atoms with Crippen molar-refractivity contribution >= 4 is 21.6 Å². The van der Waals surface area contributed by atoms with E-state index in [0.717, 1.165) is 21.5 Å². The fraction of sp³-hybridized carbons (Fsp3) is 0.143. The Bertz CT molecular complexity index is 588. The van der Waals surface area contributed by atoms with Gasteiger partial charge in [-0.05, 0) is 35.9 Å². The van der Waals surface area contributed by atoms with Gasteiger partial charge in [0.1, 0.15) is 17.7 Å². The minimum atomic E-state index is -0.240. The topological polar surface area (TPSA) is 21.3 Å². The van der Waals surface area contributed by atoms with Crippen LogP contribution in [0.25, 0.3) is 0 Å². The molecule has 0 fully saturated rings. The number of hydrogen-bond donors (Lipinski definition) is 1. The van der Waals surface area contributed by atoms with Crippen molar-refractivity contribution in [1.82, 2.24) is 0 Å². The highest BCUT2D eigenvalue weighted by atomic mass is 79.9. The van der Waals surface area contributed by atoms with Crippen LogP contribution in [0.4, 0.5) is 10.1 Å². The van der Waals surface area contributed by atoms with Gasteiger partial charge in [-0.2, -0.15) is 0 Å². The summed E-state index contributed by atoms with van der Waals surface area (Å²) in [6.07, 6.45) is -0.164. The first-order valence-corrected chi connectivity index (χ1v) is 6.47. The Morgan fingerprint density at radius 2 is 2.11 bits per heavy atom. The van der Waals surface area contributed by atoms with Gasteiger partial charge in [-0.25, -0.2) is 4.39 Å². The van der Waals surface area contributed by atoms with Crippen molar-refractivity contribution in [1.29, 1.82) is 0 Å². The predicted molar refractivity (Wildman–Crippen MR) is 72.4 cm³/mol. The number of hydrogen-bond acceptors (Lipinski definition) is 2. The molecular weight excluding hydrogens is 297 g/mol. The highest BCUT2D eigenvalue weighted by molar-refractivity contribution is 9.10. The molecule has 0 bridgehead atoms. The Kier molecular flexibility index (Phi) is 2.96. The smallest absolute Gasteiger partial charge is 0.144 e. The summed E-state index contributed by atoms with van der Waals surface area (Å²) in [5, 5.41) is 3.29. The zero-order chi connectivity index (χ0) is 12.5. The summed E-state index contributed by atoms with van der Waals surface area (Å²) in [5.41, 5.74) is 1.80. The maximum absolute atomic E-state index is 13.2. The third-order valence-corrected chi connectivity index (χ3v) is 3.40. The van der Waals surface area contributed by atoms with E-state index >= 15 is 0 Å². The molecule has 4 heteroatoms. The Morgan fingerprint density at radius 3 is 2.94 bits per heavy atom. The van der Waals surface area contributed by atoms with Crippen molar-refractivity contribution < 1.29 is 9.13 Å². The lowest BCUT2D eigenvalue weighted by Gasteiger charge is -2.27. The Balaban J connectivity index is 1.90. The van der Waals surface area contributed by atoms with Gasteiger partial charge < -0.3 is 10.1 Å². The van der Waals surface area contributed by atoms with Crippen LogP contribution in [0.3, 0.4) is 0 Å². The minimum absolute atomic E-state index is 0.164. The number of rotatable bonds is 1. The molecule has 0 aromatic heterocycles. The summed E-state index contributed by atoms with van der Waals surface area (Å²) in [6, 6.07) is 12.3. The van der Waals surface area contributed by atoms with Gasteiger partial charge in [-0.15, -0.1) is 0 Å². The van der Waals surface area contributed by atoms with Crippen molar-refractivity contribution in [2.24, 2.45) is 0 Å². The molecule has 1 aliphatic heterocycles. The number of benzene rings is 2. The lowest BCUT2D eigenvalue weighted by Crippen LogP contribution is -2.23. The van der Waals surface area contributed by atoms with E-state index in [9.17, 15) is 4.39 Å². The van der Waals surface area contributed by atoms with Crippen LogP contribution in [0.2, 0.25) is 0 Å². The third-order valence-electron chi connectivity index (χ3n) is 2.91. The summed E-state index contributed by atoms with van der Waals surface area (Å²) in [5.74, 6) is 0.543. The standard InChI is InChI=1S/C14H11BrFNO/c15-10-4-5-12-13(7-10)18-14(8-17-12)9-2-1-3-11(16)6-9/h1-7,14,17H,8H2. The summed E-state index contributed by atoms with van der Waals surface area (Å²) in [7, 11) is 0. The molecule has 2 aromatic rings. The first-order chi connectivity index (χ1) is 8.72. The quantitative estimate of drug-likeness (QED) is 0.855. The summed E-state index contributed by atoms with van der Waals surface area (Å²) >= 11 is 3.41. The predicted octanol–water partition coefficient (Wildman–Crippen LogP) is 4.13. The molecule has 0 saturated carbocycles. The number of fused-ring (bicyclic) bond motifs is 1. The normalized spacial score (nSPS) is 17.6. The highest BCUT2D eigenvalue weighted by Crippen LogP contribution is 2.36. The van der Waals surface area contributed by atoms with Crippen LogP contribution in [0.1, 0.15) is 11.7 Å². The van der Waals surface area contributed by atoms with Crippen molar-refractivity contribution in [2.45, 2.75) is 6.10 Å². The average Bonchev–Trinajstić information content (AvgIpc) is 2.38. The molecule has 0 radical (unpaired) electrons. The third kappa shape index (κ3) is 2.20. The van der Waals surface area contributed by atoms with E-state index in [1.807, 2.05) is 24.3 Å². The SMILES string of the molecule is Fc1cccc(C2CNc3ccc(Br)cc3O2)c1. The van der Waals surface area contributed by atoms with Gasteiger partial charge in [-0.1, -0.05) is 28.1 Å². The number of nitrogens with one attached hydrogen (secondary N) is 1. The summed E-state index contributed by atoms with van der Waals surface area (Å²) < 4.78 is 20.1. The van der Waals surface area contributed by atoms with Crippen LogP contribution in [0, 0.1) is 5.82 Å². The Hall–Kier alpha value is -1.55. The van der Waals surface area contributed by atoms with Crippen LogP contribution in [0.15, 0.2) is 46.9 Å². The first kappa shape index (κ1) is 11.5. The van der Waals surface area contributed by atoms with E-state index in [1.54, 1.807) is 6.07 Å². The first-order valence-electron chi connectivity index (χ1n) is 5.68. The van der Waals surface area contributed by atoms with E-state index in [1.165, 1.54) is 12.1 Å². The number of ether oxygens (including phenoxy) is 1. The van der Waals surface area contributed by atoms with Gasteiger partial charge in [0.2, 0.25) is 0 Å². The lowest BCUT2D eigenvalue weighted by molar-refractivity contribution is 0.210. The molecule has 18 heavy (non-hydrogen) atoms. The molecule has 1 N–H and O–H groups in total. The Labute approximate surface area is 113 Å². The van der Waals surface area contributed by atoms with Crippen molar-refractivity contribution in [3.63, 3.8) is 0 Å². The fourth-order valence-corrected chi connectivity index (χ4v) is 2.37. The van der Waals surface area contributed by atoms with Crippen molar-refractivity contribution in [2.75, 3.05) is 11.9 Å². The van der Waals surface area contributed by atoms with Crippen molar-refractivity contribution in [3.05, 3.63) is 58.3 Å². The van der Waals surface area contributed by atoms with Crippen LogP contribution in [0.5, 0.6) is 5.75 Å². The second kappa shape index (κ2) is 4.61. The number of halogens is 2. The van der Waals surface area contributed by atoms with Crippen LogP contribution < -0.4 is 10.1 Å². The summed E-state index contributed by atoms with van der Waals surface area (Å²) in [6.45, 7) is 0.637. The van der Waals surface area contributed by atoms with E-state index in [2.05, 4.69) is 21.2 Å². The average molecular weight is 308 g/mol. The molecule has 92 valence electrons. The zero-order valence-corrected chi connectivity index (χ0v) is 11.1. The molecule has 1 heterocycles. The van der Waals surface area contributed by atoms with E-state index in [0.29, 0.717) is 6.54 Å². The number of anilines is 1. The fourth-order valence-electron chi connectivity index (χ4n) is 2.03. The van der Waals surface area contributed by atoms with Crippen LogP contribution in [-0.2, 0) is 0 Å². The van der Waals surface area contributed by atoms with Gasteiger partial charge in [0, 0.05) is 4.47 Å². The zero-order valence-electron chi connectivity index (χ0n) is 9.49. The largest absolute Gasteiger partial charge is 0.482 e. The van der Waals surface area contributed by atoms with Gasteiger partial charge in [0.15, 0.2) is 0 Å². The van der Waals surface area contributed by atoms with Gasteiger partial charge in [0.25, 0.3) is 0 Å². The van der Waals surface area contributed by atoms with Gasteiger partial charge in [-0.3, -0.25) is 0 Å². The van der Waals surface area contributed by atoms with Crippen LogP contribution in [-0.4, -0.2) is 6.54 Å². The molecule has 2 nitrogen and oxygen atoms in total. The molecule has 1 atom stereocenters. The molecule has 0 aliphatic carbocycles. The second-order valence-electron chi connectivity index (χ2n) is 4.18. The minimum Gasteiger partial charge on any atom is -0.482 e. The lowest BCUT2D eigenvalue weighted by atomic mass is 10.1. The molecule has 1 aliphatic rings. The molecule has 3 rings (SSSR count). The maximum atomic E-state index is 13.2. The highest BCUT2D eigenvalue weighted by Gasteiger charge is 2.21. The second-order valence-corrected chi connectivity index (χ2v) is 5.10. The van der Waals surface area contributed by atoms with E-state index in [4.69, 9.17) is 4.74 Å². The summed E-state index contributed by atoms with van der Waals surface area (Å²) in [4.78, 5) is 0. The van der Waals surface area contributed by atoms with Gasteiger partial charge in [0.05, 0.1) is 12.2 Å².